The summed E-state index contributed by atoms with van der Waals surface area (Å²) in [6, 6.07) is -1.48. The van der Waals surface area contributed by atoms with Crippen LogP contribution in [-0.4, -0.2) is 56.6 Å². The molecule has 1 rings (SSSR count). The van der Waals surface area contributed by atoms with Crippen molar-refractivity contribution in [1.82, 2.24) is 9.62 Å². The zero-order valence-electron chi connectivity index (χ0n) is 13.0. The summed E-state index contributed by atoms with van der Waals surface area (Å²) in [7, 11) is -2.16. The van der Waals surface area contributed by atoms with Crippen LogP contribution in [0.2, 0.25) is 0 Å². The van der Waals surface area contributed by atoms with Crippen molar-refractivity contribution in [1.29, 1.82) is 0 Å². The zero-order valence-corrected chi connectivity index (χ0v) is 13.8. The first-order valence-corrected chi connectivity index (χ1v) is 8.86. The lowest BCUT2D eigenvalue weighted by Gasteiger charge is -2.24. The van der Waals surface area contributed by atoms with E-state index in [0.29, 0.717) is 25.8 Å². The van der Waals surface area contributed by atoms with E-state index in [1.54, 1.807) is 0 Å². The molecule has 1 aliphatic heterocycles. The maximum atomic E-state index is 12.3. The van der Waals surface area contributed by atoms with Crippen molar-refractivity contribution in [2.75, 3.05) is 19.9 Å². The molecule has 0 saturated carbocycles. The number of esters is 1. The van der Waals surface area contributed by atoms with Crippen LogP contribution in [0.4, 0.5) is 0 Å². The van der Waals surface area contributed by atoms with Crippen LogP contribution in [0.15, 0.2) is 0 Å². The van der Waals surface area contributed by atoms with Crippen LogP contribution in [0.1, 0.15) is 33.1 Å². The number of ether oxygens (including phenoxy) is 1. The quantitative estimate of drug-likeness (QED) is 0.701. The number of carbonyl (C=O) groups is 2. The Balaban J connectivity index is 2.79. The molecule has 0 aromatic heterocycles. The van der Waals surface area contributed by atoms with E-state index in [0.717, 1.165) is 6.26 Å². The smallest absolute Gasteiger partial charge is 0.328 e. The summed E-state index contributed by atoms with van der Waals surface area (Å²) >= 11 is 0. The van der Waals surface area contributed by atoms with Gasteiger partial charge in [-0.1, -0.05) is 13.8 Å². The fraction of sp³-hybridized carbons (Fsp3) is 0.846. The van der Waals surface area contributed by atoms with Gasteiger partial charge in [0.15, 0.2) is 0 Å². The SMILES string of the molecule is COC(=O)C(CC(C)C)NC(=O)C1CCCN1S(C)(=O)=O. The fourth-order valence-corrected chi connectivity index (χ4v) is 3.62. The summed E-state index contributed by atoms with van der Waals surface area (Å²) < 4.78 is 29.2. The van der Waals surface area contributed by atoms with E-state index in [9.17, 15) is 18.0 Å². The lowest BCUT2D eigenvalue weighted by atomic mass is 10.0. The van der Waals surface area contributed by atoms with Gasteiger partial charge in [0.2, 0.25) is 15.9 Å². The Bertz CT molecular complexity index is 489. The molecule has 1 N–H and O–H groups in total. The standard InChI is InChI=1S/C13H24N2O5S/c1-9(2)8-10(13(17)20-3)14-12(16)11-6-5-7-15(11)21(4,18)19/h9-11H,5-8H2,1-4H3,(H,14,16). The molecule has 0 spiro atoms. The van der Waals surface area contributed by atoms with Gasteiger partial charge >= 0.3 is 5.97 Å². The van der Waals surface area contributed by atoms with E-state index in [4.69, 9.17) is 0 Å². The van der Waals surface area contributed by atoms with Gasteiger partial charge in [-0.2, -0.15) is 4.31 Å². The maximum Gasteiger partial charge on any atom is 0.328 e. The molecule has 1 heterocycles. The van der Waals surface area contributed by atoms with Gasteiger partial charge in [0, 0.05) is 6.54 Å². The number of rotatable bonds is 6. The van der Waals surface area contributed by atoms with Gasteiger partial charge in [0.25, 0.3) is 0 Å². The van der Waals surface area contributed by atoms with Gasteiger partial charge in [-0.3, -0.25) is 4.79 Å². The fourth-order valence-electron chi connectivity index (χ4n) is 2.49. The topological polar surface area (TPSA) is 92.8 Å². The minimum absolute atomic E-state index is 0.198. The predicted molar refractivity (Wildman–Crippen MR) is 78.0 cm³/mol. The Labute approximate surface area is 126 Å². The number of amides is 1. The minimum atomic E-state index is -3.43. The van der Waals surface area contributed by atoms with Crippen LogP contribution in [0.5, 0.6) is 0 Å². The van der Waals surface area contributed by atoms with Crippen molar-refractivity contribution in [2.24, 2.45) is 5.92 Å². The number of methoxy groups -OCH3 is 1. The first-order chi connectivity index (χ1) is 9.66. The third-order valence-corrected chi connectivity index (χ3v) is 4.73. The number of nitrogens with zero attached hydrogens (tertiary/aromatic N) is 1. The Morgan fingerprint density at radius 2 is 2.00 bits per heavy atom. The Morgan fingerprint density at radius 1 is 1.38 bits per heavy atom. The van der Waals surface area contributed by atoms with Crippen LogP contribution in [0.25, 0.3) is 0 Å². The van der Waals surface area contributed by atoms with Crippen molar-refractivity contribution in [2.45, 2.75) is 45.2 Å². The van der Waals surface area contributed by atoms with Gasteiger partial charge in [0.1, 0.15) is 12.1 Å². The molecule has 7 nitrogen and oxygen atoms in total. The number of hydrogen-bond acceptors (Lipinski definition) is 5. The summed E-state index contributed by atoms with van der Waals surface area (Å²) in [5.41, 5.74) is 0. The first kappa shape index (κ1) is 17.9. The average Bonchev–Trinajstić information content (AvgIpc) is 2.85. The molecule has 0 radical (unpaired) electrons. The van der Waals surface area contributed by atoms with Crippen molar-refractivity contribution >= 4 is 21.9 Å². The molecule has 1 fully saturated rings. The van der Waals surface area contributed by atoms with E-state index in [2.05, 4.69) is 10.1 Å². The van der Waals surface area contributed by atoms with Crippen LogP contribution < -0.4 is 5.32 Å². The van der Waals surface area contributed by atoms with Crippen molar-refractivity contribution in [3.63, 3.8) is 0 Å². The van der Waals surface area contributed by atoms with Crippen LogP contribution in [-0.2, 0) is 24.3 Å². The monoisotopic (exact) mass is 320 g/mol. The summed E-state index contributed by atoms with van der Waals surface area (Å²) in [4.78, 5) is 24.0. The highest BCUT2D eigenvalue weighted by molar-refractivity contribution is 7.88. The Hall–Kier alpha value is -1.15. The lowest BCUT2D eigenvalue weighted by Crippen LogP contribution is -2.51. The molecule has 0 aromatic carbocycles. The van der Waals surface area contributed by atoms with Crippen molar-refractivity contribution in [3.8, 4) is 0 Å². The minimum Gasteiger partial charge on any atom is -0.467 e. The molecule has 0 bridgehead atoms. The van der Waals surface area contributed by atoms with Gasteiger partial charge in [-0.15, -0.1) is 0 Å². The largest absolute Gasteiger partial charge is 0.467 e. The number of hydrogen-bond donors (Lipinski definition) is 1. The van der Waals surface area contributed by atoms with Gasteiger partial charge in [-0.05, 0) is 25.2 Å². The highest BCUT2D eigenvalue weighted by Crippen LogP contribution is 2.21. The van der Waals surface area contributed by atoms with Crippen LogP contribution >= 0.6 is 0 Å². The predicted octanol–water partition coefficient (Wildman–Crippen LogP) is 0.114. The molecule has 0 aromatic rings. The molecule has 2 unspecified atom stereocenters. The molecule has 122 valence electrons. The normalized spacial score (nSPS) is 21.3. The lowest BCUT2D eigenvalue weighted by molar-refractivity contribution is -0.145. The molecule has 2 atom stereocenters. The Kier molecular flexibility index (Phi) is 6.15. The molecule has 0 aliphatic carbocycles. The average molecular weight is 320 g/mol. The molecule has 21 heavy (non-hydrogen) atoms. The second-order valence-electron chi connectivity index (χ2n) is 5.75. The van der Waals surface area contributed by atoms with Gasteiger partial charge < -0.3 is 10.1 Å². The van der Waals surface area contributed by atoms with Crippen LogP contribution in [0.3, 0.4) is 0 Å². The summed E-state index contributed by atoms with van der Waals surface area (Å²) in [6.45, 7) is 4.20. The third kappa shape index (κ3) is 4.96. The number of nitrogens with one attached hydrogen (secondary N) is 1. The second kappa shape index (κ2) is 7.22. The van der Waals surface area contributed by atoms with Crippen LogP contribution in [0, 0.1) is 5.92 Å². The second-order valence-corrected chi connectivity index (χ2v) is 7.68. The highest BCUT2D eigenvalue weighted by atomic mass is 32.2. The van der Waals surface area contributed by atoms with E-state index < -0.39 is 34.0 Å². The molecular weight excluding hydrogens is 296 g/mol. The van der Waals surface area contributed by atoms with E-state index in [1.807, 2.05) is 13.8 Å². The van der Waals surface area contributed by atoms with Crippen molar-refractivity contribution in [3.05, 3.63) is 0 Å². The summed E-state index contributed by atoms with van der Waals surface area (Å²) in [5, 5.41) is 2.62. The summed E-state index contributed by atoms with van der Waals surface area (Å²) in [5.74, 6) is -0.751. The van der Waals surface area contributed by atoms with E-state index >= 15 is 0 Å². The van der Waals surface area contributed by atoms with Gasteiger partial charge in [-0.25, -0.2) is 13.2 Å². The number of sulfonamides is 1. The molecule has 1 saturated heterocycles. The molecule has 1 aliphatic rings. The van der Waals surface area contributed by atoms with Crippen molar-refractivity contribution < 1.29 is 22.7 Å². The zero-order chi connectivity index (χ0) is 16.2. The highest BCUT2D eigenvalue weighted by Gasteiger charge is 2.38. The Morgan fingerprint density at radius 3 is 2.48 bits per heavy atom. The number of carbonyl (C=O) groups excluding carboxylic acids is 2. The summed E-state index contributed by atoms with van der Waals surface area (Å²) in [6.07, 6.45) is 2.64. The third-order valence-electron chi connectivity index (χ3n) is 3.44. The molecular formula is C13H24N2O5S. The van der Waals surface area contributed by atoms with E-state index in [-0.39, 0.29) is 5.92 Å². The molecule has 8 heteroatoms. The van der Waals surface area contributed by atoms with E-state index in [1.165, 1.54) is 11.4 Å². The first-order valence-electron chi connectivity index (χ1n) is 7.01. The molecule has 1 amide bonds. The van der Waals surface area contributed by atoms with Gasteiger partial charge in [0.05, 0.1) is 13.4 Å². The maximum absolute atomic E-state index is 12.3.